The Balaban J connectivity index is 1.58. The molecule has 2 heterocycles. The Morgan fingerprint density at radius 1 is 1.03 bits per heavy atom. The fraction of sp³-hybridized carbons (Fsp3) is 0.107. The predicted octanol–water partition coefficient (Wildman–Crippen LogP) is 5.30. The summed E-state index contributed by atoms with van der Waals surface area (Å²) in [6.45, 7) is 0. The fourth-order valence-electron chi connectivity index (χ4n) is 4.09. The number of rotatable bonds is 6. The minimum Gasteiger partial charge on any atom is -0.497 e. The zero-order valence-corrected chi connectivity index (χ0v) is 19.3. The topological polar surface area (TPSA) is 69.0 Å². The first kappa shape index (κ1) is 22.3. The van der Waals surface area contributed by atoms with Crippen LogP contribution in [0.4, 0.5) is 4.39 Å². The van der Waals surface area contributed by atoms with Gasteiger partial charge in [0.1, 0.15) is 23.4 Å². The first-order valence-corrected chi connectivity index (χ1v) is 11.1. The molecule has 0 saturated carbocycles. The van der Waals surface area contributed by atoms with Crippen molar-refractivity contribution in [3.63, 3.8) is 0 Å². The highest BCUT2D eigenvalue weighted by Gasteiger charge is 2.23. The number of benzene rings is 3. The van der Waals surface area contributed by atoms with Gasteiger partial charge < -0.3 is 14.6 Å². The van der Waals surface area contributed by atoms with Crippen LogP contribution in [0.2, 0.25) is 0 Å². The Morgan fingerprint density at radius 2 is 1.77 bits per heavy atom. The number of para-hydroxylation sites is 1. The number of ether oxygens (including phenoxy) is 1. The number of aromatic nitrogens is 3. The van der Waals surface area contributed by atoms with Crippen molar-refractivity contribution in [2.75, 3.05) is 7.11 Å². The van der Waals surface area contributed by atoms with Crippen molar-refractivity contribution < 1.29 is 13.9 Å². The second-order valence-corrected chi connectivity index (χ2v) is 8.16. The molecule has 5 aromatic rings. The molecular weight excluding hydrogens is 443 g/mol. The quantitative estimate of drug-likeness (QED) is 0.369. The van der Waals surface area contributed by atoms with Gasteiger partial charge in [0.05, 0.1) is 23.9 Å². The van der Waals surface area contributed by atoms with Crippen LogP contribution in [0, 0.1) is 5.82 Å². The summed E-state index contributed by atoms with van der Waals surface area (Å²) in [5.74, 6) is 0.823. The monoisotopic (exact) mass is 466 g/mol. The number of amides is 1. The maximum Gasteiger partial charge on any atom is 0.252 e. The minimum absolute atomic E-state index is 0.268. The zero-order valence-electron chi connectivity index (χ0n) is 19.3. The van der Waals surface area contributed by atoms with Crippen LogP contribution in [-0.2, 0) is 7.05 Å². The molecule has 1 N–H and O–H groups in total. The molecule has 0 bridgehead atoms. The average Bonchev–Trinajstić information content (AvgIpc) is 3.32. The van der Waals surface area contributed by atoms with Gasteiger partial charge in [-0.1, -0.05) is 30.3 Å². The van der Waals surface area contributed by atoms with E-state index in [1.54, 1.807) is 31.5 Å². The molecule has 35 heavy (non-hydrogen) atoms. The van der Waals surface area contributed by atoms with Gasteiger partial charge in [-0.2, -0.15) is 0 Å². The van der Waals surface area contributed by atoms with E-state index in [4.69, 9.17) is 9.72 Å². The summed E-state index contributed by atoms with van der Waals surface area (Å²) < 4.78 is 20.6. The summed E-state index contributed by atoms with van der Waals surface area (Å²) in [6.07, 6.45) is 3.54. The Morgan fingerprint density at radius 3 is 2.46 bits per heavy atom. The van der Waals surface area contributed by atoms with E-state index in [2.05, 4.69) is 10.3 Å². The molecule has 0 saturated heterocycles. The molecule has 0 spiro atoms. The Kier molecular flexibility index (Phi) is 5.97. The van der Waals surface area contributed by atoms with E-state index in [0.29, 0.717) is 22.6 Å². The standard InChI is InChI=1S/C28H23FN4O2/c1-33-16-15-30-27(33)26(19-9-13-21(35-2)14-10-19)32-28(34)23-17-25(18-7-11-20(29)12-8-18)31-24-6-4-3-5-22(23)24/h3-17,26H,1-2H3,(H,32,34). The number of fused-ring (bicyclic) bond motifs is 1. The molecule has 1 amide bonds. The molecule has 1 atom stereocenters. The lowest BCUT2D eigenvalue weighted by molar-refractivity contribution is 0.0943. The maximum absolute atomic E-state index is 13.7. The largest absolute Gasteiger partial charge is 0.497 e. The second-order valence-electron chi connectivity index (χ2n) is 8.16. The van der Waals surface area contributed by atoms with Gasteiger partial charge in [0, 0.05) is 30.4 Å². The van der Waals surface area contributed by atoms with E-state index in [-0.39, 0.29) is 11.7 Å². The van der Waals surface area contributed by atoms with Gasteiger partial charge in [0.2, 0.25) is 0 Å². The number of carbonyl (C=O) groups is 1. The van der Waals surface area contributed by atoms with Crippen molar-refractivity contribution in [2.24, 2.45) is 7.05 Å². The Bertz CT molecular complexity index is 1490. The molecule has 174 valence electrons. The van der Waals surface area contributed by atoms with Crippen molar-refractivity contribution in [1.82, 2.24) is 19.9 Å². The highest BCUT2D eigenvalue weighted by molar-refractivity contribution is 6.07. The molecule has 0 aliphatic heterocycles. The Labute approximate surface area is 202 Å². The molecule has 7 heteroatoms. The number of halogens is 1. The third-order valence-electron chi connectivity index (χ3n) is 5.94. The van der Waals surface area contributed by atoms with E-state index < -0.39 is 6.04 Å². The minimum atomic E-state index is -0.491. The first-order valence-electron chi connectivity index (χ1n) is 11.1. The Hall–Kier alpha value is -4.52. The molecule has 1 unspecified atom stereocenters. The molecule has 2 aromatic heterocycles. The van der Waals surface area contributed by atoms with Gasteiger partial charge in [0.25, 0.3) is 5.91 Å². The predicted molar refractivity (Wildman–Crippen MR) is 133 cm³/mol. The van der Waals surface area contributed by atoms with Crippen molar-refractivity contribution >= 4 is 16.8 Å². The smallest absolute Gasteiger partial charge is 0.252 e. The molecule has 0 aliphatic carbocycles. The van der Waals surface area contributed by atoms with E-state index in [9.17, 15) is 9.18 Å². The number of imidazole rings is 1. The summed E-state index contributed by atoms with van der Waals surface area (Å²) in [7, 11) is 3.50. The number of carbonyl (C=O) groups excluding carboxylic acids is 1. The first-order chi connectivity index (χ1) is 17.0. The maximum atomic E-state index is 13.7. The molecule has 0 radical (unpaired) electrons. The van der Waals surface area contributed by atoms with Crippen molar-refractivity contribution in [3.8, 4) is 17.0 Å². The molecule has 0 aliphatic rings. The zero-order chi connectivity index (χ0) is 24.4. The lowest BCUT2D eigenvalue weighted by atomic mass is 10.0. The fourth-order valence-corrected chi connectivity index (χ4v) is 4.09. The number of hydrogen-bond acceptors (Lipinski definition) is 4. The van der Waals surface area contributed by atoms with E-state index in [0.717, 1.165) is 22.3 Å². The summed E-state index contributed by atoms with van der Waals surface area (Å²) in [4.78, 5) is 22.9. The van der Waals surface area contributed by atoms with Gasteiger partial charge in [0.15, 0.2) is 0 Å². The van der Waals surface area contributed by atoms with Crippen LogP contribution < -0.4 is 10.1 Å². The number of pyridine rings is 1. The van der Waals surface area contributed by atoms with Crippen molar-refractivity contribution in [2.45, 2.75) is 6.04 Å². The van der Waals surface area contributed by atoms with Crippen LogP contribution in [0.15, 0.2) is 91.3 Å². The van der Waals surface area contributed by atoms with Gasteiger partial charge in [-0.25, -0.2) is 14.4 Å². The SMILES string of the molecule is COc1ccc(C(NC(=O)c2cc(-c3ccc(F)cc3)nc3ccccc23)c2nccn2C)cc1. The number of nitrogens with zero attached hydrogens (tertiary/aromatic N) is 3. The van der Waals surface area contributed by atoms with Crippen LogP contribution >= 0.6 is 0 Å². The van der Waals surface area contributed by atoms with Gasteiger partial charge in [-0.15, -0.1) is 0 Å². The number of hydrogen-bond donors (Lipinski definition) is 1. The summed E-state index contributed by atoms with van der Waals surface area (Å²) >= 11 is 0. The second kappa shape index (κ2) is 9.38. The lowest BCUT2D eigenvalue weighted by Crippen LogP contribution is -2.31. The van der Waals surface area contributed by atoms with E-state index in [1.165, 1.54) is 12.1 Å². The molecule has 3 aromatic carbocycles. The van der Waals surface area contributed by atoms with Crippen molar-refractivity contribution in [1.29, 1.82) is 0 Å². The van der Waals surface area contributed by atoms with E-state index in [1.807, 2.05) is 66.3 Å². The van der Waals surface area contributed by atoms with Crippen LogP contribution in [0.5, 0.6) is 5.75 Å². The third-order valence-corrected chi connectivity index (χ3v) is 5.94. The molecular formula is C28H23FN4O2. The molecule has 5 rings (SSSR count). The van der Waals surface area contributed by atoms with E-state index >= 15 is 0 Å². The van der Waals surface area contributed by atoms with Crippen LogP contribution in [0.3, 0.4) is 0 Å². The summed E-state index contributed by atoms with van der Waals surface area (Å²) in [5.41, 5.74) is 3.33. The lowest BCUT2D eigenvalue weighted by Gasteiger charge is -2.20. The van der Waals surface area contributed by atoms with Crippen LogP contribution in [0.1, 0.15) is 27.8 Å². The highest BCUT2D eigenvalue weighted by atomic mass is 19.1. The van der Waals surface area contributed by atoms with Crippen LogP contribution in [0.25, 0.3) is 22.2 Å². The van der Waals surface area contributed by atoms with Gasteiger partial charge in [-0.3, -0.25) is 4.79 Å². The van der Waals surface area contributed by atoms with Crippen molar-refractivity contribution in [3.05, 3.63) is 114 Å². The highest BCUT2D eigenvalue weighted by Crippen LogP contribution is 2.28. The van der Waals surface area contributed by atoms with Gasteiger partial charge in [-0.05, 0) is 54.1 Å². The average molecular weight is 467 g/mol. The third kappa shape index (κ3) is 4.48. The molecule has 6 nitrogen and oxygen atoms in total. The van der Waals surface area contributed by atoms with Crippen LogP contribution in [-0.4, -0.2) is 27.6 Å². The summed E-state index contributed by atoms with van der Waals surface area (Å²) in [5, 5.41) is 3.89. The number of aryl methyl sites for hydroxylation is 1. The summed E-state index contributed by atoms with van der Waals surface area (Å²) in [6, 6.07) is 22.3. The van der Waals surface area contributed by atoms with Gasteiger partial charge >= 0.3 is 0 Å². The number of nitrogens with one attached hydrogen (secondary N) is 1. The number of methoxy groups -OCH3 is 1. The molecule has 0 fully saturated rings. The normalized spacial score (nSPS) is 11.9.